The van der Waals surface area contributed by atoms with Crippen LogP contribution in [-0.2, 0) is 23.2 Å². The second-order valence-corrected chi connectivity index (χ2v) is 7.93. The molecule has 0 radical (unpaired) electrons. The highest BCUT2D eigenvalue weighted by molar-refractivity contribution is 5.83. The van der Waals surface area contributed by atoms with Gasteiger partial charge in [0.05, 0.1) is 11.1 Å². The molecule has 1 saturated carbocycles. The van der Waals surface area contributed by atoms with Crippen molar-refractivity contribution < 1.29 is 4.79 Å². The summed E-state index contributed by atoms with van der Waals surface area (Å²) in [4.78, 5) is 12.7. The maximum absolute atomic E-state index is 12.7. The summed E-state index contributed by atoms with van der Waals surface area (Å²) in [6.45, 7) is 6.26. The van der Waals surface area contributed by atoms with E-state index in [-0.39, 0.29) is 17.4 Å². The second kappa shape index (κ2) is 4.38. The van der Waals surface area contributed by atoms with Crippen molar-refractivity contribution in [2.24, 2.45) is 17.8 Å². The molecule has 2 aromatic heterocycles. The van der Waals surface area contributed by atoms with Gasteiger partial charge in [0.25, 0.3) is 0 Å². The third-order valence-corrected chi connectivity index (χ3v) is 6.09. The van der Waals surface area contributed by atoms with Crippen LogP contribution in [0.5, 0.6) is 0 Å². The maximum atomic E-state index is 12.7. The predicted molar refractivity (Wildman–Crippen MR) is 89.3 cm³/mol. The highest BCUT2D eigenvalue weighted by atomic mass is 16.2. The summed E-state index contributed by atoms with van der Waals surface area (Å²) in [6, 6.07) is 6.64. The summed E-state index contributed by atoms with van der Waals surface area (Å²) >= 11 is 0. The highest BCUT2D eigenvalue weighted by Gasteiger charge is 2.57. The Balaban J connectivity index is 1.46. The number of piperidine rings is 1. The SMILES string of the molecule is CC(C)(NC(=O)[C@H]1[C@@H]2CNC[C@@H]21)c1cc2c3c(cccn13)CC2. The molecule has 4 nitrogen and oxygen atoms in total. The quantitative estimate of drug-likeness (QED) is 0.909. The molecule has 0 bridgehead atoms. The molecular weight excluding hydrogens is 286 g/mol. The van der Waals surface area contributed by atoms with Gasteiger partial charge < -0.3 is 15.0 Å². The number of pyridine rings is 1. The summed E-state index contributed by atoms with van der Waals surface area (Å²) < 4.78 is 2.28. The van der Waals surface area contributed by atoms with Gasteiger partial charge in [-0.1, -0.05) is 6.07 Å². The zero-order valence-corrected chi connectivity index (χ0v) is 13.7. The lowest BCUT2D eigenvalue weighted by Gasteiger charge is -2.27. The number of hydrogen-bond donors (Lipinski definition) is 2. The minimum atomic E-state index is -0.349. The Labute approximate surface area is 136 Å². The third-order valence-electron chi connectivity index (χ3n) is 6.09. The lowest BCUT2D eigenvalue weighted by Crippen LogP contribution is -2.43. The molecule has 2 fully saturated rings. The topological polar surface area (TPSA) is 45.5 Å². The number of hydrogen-bond acceptors (Lipinski definition) is 2. The van der Waals surface area contributed by atoms with E-state index in [0.29, 0.717) is 11.8 Å². The molecule has 2 N–H and O–H groups in total. The van der Waals surface area contributed by atoms with E-state index in [2.05, 4.69) is 53.3 Å². The number of nitrogens with one attached hydrogen (secondary N) is 2. The molecule has 5 rings (SSSR count). The van der Waals surface area contributed by atoms with Gasteiger partial charge in [0.15, 0.2) is 0 Å². The van der Waals surface area contributed by atoms with Crippen LogP contribution in [0.15, 0.2) is 24.4 Å². The Kier molecular flexibility index (Phi) is 2.59. The van der Waals surface area contributed by atoms with Crippen LogP contribution >= 0.6 is 0 Å². The van der Waals surface area contributed by atoms with Gasteiger partial charge in [0.1, 0.15) is 0 Å². The lowest BCUT2D eigenvalue weighted by atomic mass is 9.99. The average molecular weight is 309 g/mol. The molecule has 1 saturated heterocycles. The zero-order chi connectivity index (χ0) is 15.8. The molecule has 2 aromatic rings. The van der Waals surface area contributed by atoms with E-state index in [0.717, 1.165) is 25.9 Å². The van der Waals surface area contributed by atoms with Crippen molar-refractivity contribution in [3.8, 4) is 0 Å². The third kappa shape index (κ3) is 1.84. The first kappa shape index (κ1) is 13.6. The molecule has 1 amide bonds. The molecule has 4 heteroatoms. The normalized spacial score (nSPS) is 28.2. The van der Waals surface area contributed by atoms with Gasteiger partial charge in [-0.05, 0) is 74.9 Å². The fourth-order valence-electron chi connectivity index (χ4n) is 4.82. The number of carbonyl (C=O) groups is 1. The Hall–Kier alpha value is -1.81. The van der Waals surface area contributed by atoms with Crippen LogP contribution in [0.3, 0.4) is 0 Å². The summed E-state index contributed by atoms with van der Waals surface area (Å²) in [5, 5.41) is 6.68. The molecule has 3 atom stereocenters. The molecule has 3 aliphatic rings. The molecular formula is C19H23N3O. The molecule has 3 heterocycles. The van der Waals surface area contributed by atoms with Crippen molar-refractivity contribution in [2.45, 2.75) is 32.2 Å². The molecule has 0 unspecified atom stereocenters. The first-order valence-corrected chi connectivity index (χ1v) is 8.71. The number of carbonyl (C=O) groups excluding carboxylic acids is 1. The molecule has 1 aliphatic heterocycles. The van der Waals surface area contributed by atoms with Crippen molar-refractivity contribution in [1.82, 2.24) is 15.0 Å². The van der Waals surface area contributed by atoms with E-state index < -0.39 is 0 Å². The van der Waals surface area contributed by atoms with E-state index in [1.54, 1.807) is 0 Å². The Morgan fingerprint density at radius 2 is 2.00 bits per heavy atom. The number of amides is 1. The highest BCUT2D eigenvalue weighted by Crippen LogP contribution is 2.49. The van der Waals surface area contributed by atoms with E-state index >= 15 is 0 Å². The fraction of sp³-hybridized carbons (Fsp3) is 0.526. The van der Waals surface area contributed by atoms with E-state index in [9.17, 15) is 4.79 Å². The molecule has 2 aliphatic carbocycles. The van der Waals surface area contributed by atoms with Gasteiger partial charge in [-0.2, -0.15) is 0 Å². The van der Waals surface area contributed by atoms with E-state index in [4.69, 9.17) is 0 Å². The number of rotatable bonds is 3. The van der Waals surface area contributed by atoms with Gasteiger partial charge in [-0.3, -0.25) is 4.79 Å². The standard InChI is InChI=1S/C19H23N3O/c1-19(2,21-18(23)16-13-9-20-10-14(13)16)15-8-12-6-5-11-4-3-7-22(15)17(11)12/h3-4,7-8,13-14,16,20H,5-6,9-10H2,1-2H3,(H,21,23)/t13-,14+,16+. The van der Waals surface area contributed by atoms with Crippen LogP contribution in [0.25, 0.3) is 5.52 Å². The van der Waals surface area contributed by atoms with Crippen molar-refractivity contribution >= 4 is 11.4 Å². The molecule has 0 spiro atoms. The van der Waals surface area contributed by atoms with Crippen molar-refractivity contribution in [1.29, 1.82) is 0 Å². The molecule has 0 aromatic carbocycles. The largest absolute Gasteiger partial charge is 0.345 e. The average Bonchev–Trinajstić information content (AvgIpc) is 2.95. The van der Waals surface area contributed by atoms with E-state index in [1.165, 1.54) is 22.3 Å². The number of nitrogens with zero attached hydrogens (tertiary/aromatic N) is 1. The Morgan fingerprint density at radius 1 is 1.26 bits per heavy atom. The van der Waals surface area contributed by atoms with Gasteiger partial charge >= 0.3 is 0 Å². The monoisotopic (exact) mass is 309 g/mol. The Morgan fingerprint density at radius 3 is 2.78 bits per heavy atom. The van der Waals surface area contributed by atoms with Crippen LogP contribution in [0.4, 0.5) is 0 Å². The van der Waals surface area contributed by atoms with Crippen molar-refractivity contribution in [3.63, 3.8) is 0 Å². The van der Waals surface area contributed by atoms with Gasteiger partial charge in [0, 0.05) is 17.8 Å². The van der Waals surface area contributed by atoms with Gasteiger partial charge in [0.2, 0.25) is 5.91 Å². The number of fused-ring (bicyclic) bond motifs is 1. The minimum Gasteiger partial charge on any atom is -0.345 e. The minimum absolute atomic E-state index is 0.227. The van der Waals surface area contributed by atoms with Crippen molar-refractivity contribution in [2.75, 3.05) is 13.1 Å². The second-order valence-electron chi connectivity index (χ2n) is 7.93. The van der Waals surface area contributed by atoms with Crippen LogP contribution in [-0.4, -0.2) is 23.4 Å². The van der Waals surface area contributed by atoms with Crippen molar-refractivity contribution in [3.05, 3.63) is 41.2 Å². The zero-order valence-electron chi connectivity index (χ0n) is 13.7. The maximum Gasteiger partial charge on any atom is 0.224 e. The van der Waals surface area contributed by atoms with Gasteiger partial charge in [-0.15, -0.1) is 0 Å². The summed E-state index contributed by atoms with van der Waals surface area (Å²) in [5.74, 6) is 1.59. The molecule has 23 heavy (non-hydrogen) atoms. The first-order chi connectivity index (χ1) is 11.1. The van der Waals surface area contributed by atoms with E-state index in [1.807, 2.05) is 0 Å². The summed E-state index contributed by atoms with van der Waals surface area (Å²) in [7, 11) is 0. The first-order valence-electron chi connectivity index (χ1n) is 8.71. The van der Waals surface area contributed by atoms with Crippen LogP contribution in [0.2, 0.25) is 0 Å². The van der Waals surface area contributed by atoms with Crippen LogP contribution < -0.4 is 10.6 Å². The fourth-order valence-corrected chi connectivity index (χ4v) is 4.82. The van der Waals surface area contributed by atoms with Crippen LogP contribution in [0.1, 0.15) is 30.7 Å². The Bertz CT molecular complexity index is 809. The lowest BCUT2D eigenvalue weighted by molar-refractivity contribution is -0.124. The number of aromatic nitrogens is 1. The summed E-state index contributed by atoms with van der Waals surface area (Å²) in [5.41, 5.74) is 5.06. The smallest absolute Gasteiger partial charge is 0.224 e. The number of aryl methyl sites for hydroxylation is 2. The van der Waals surface area contributed by atoms with Gasteiger partial charge in [-0.25, -0.2) is 0 Å². The predicted octanol–water partition coefficient (Wildman–Crippen LogP) is 1.85. The summed E-state index contributed by atoms with van der Waals surface area (Å²) in [6.07, 6.45) is 4.39. The molecule has 120 valence electrons. The van der Waals surface area contributed by atoms with Crippen LogP contribution in [0, 0.1) is 17.8 Å².